The highest BCUT2D eigenvalue weighted by molar-refractivity contribution is 6.05. The Kier molecular flexibility index (Phi) is 5.15. The molecule has 0 bridgehead atoms. The van der Waals surface area contributed by atoms with E-state index >= 15 is 0 Å². The summed E-state index contributed by atoms with van der Waals surface area (Å²) in [4.78, 5) is 31.4. The molecule has 1 atom stereocenters. The first-order valence-electron chi connectivity index (χ1n) is 10.6. The monoisotopic (exact) mass is 421 g/mol. The van der Waals surface area contributed by atoms with Gasteiger partial charge in [-0.1, -0.05) is 36.4 Å². The molecule has 1 aromatic heterocycles. The number of aromatic nitrogens is 2. The Morgan fingerprint density at radius 1 is 1.06 bits per heavy atom. The predicted octanol–water partition coefficient (Wildman–Crippen LogP) is 2.40. The molecule has 2 amide bonds. The average Bonchev–Trinajstić information content (AvgIpc) is 3.39. The van der Waals surface area contributed by atoms with Gasteiger partial charge in [-0.2, -0.15) is 5.10 Å². The second-order valence-corrected chi connectivity index (χ2v) is 8.20. The van der Waals surface area contributed by atoms with Crippen molar-refractivity contribution in [2.45, 2.75) is 13.0 Å². The molecule has 0 saturated carbocycles. The van der Waals surface area contributed by atoms with Gasteiger partial charge in [0.15, 0.2) is 5.82 Å². The molecule has 0 spiro atoms. The van der Waals surface area contributed by atoms with Crippen LogP contribution in [0.5, 0.6) is 0 Å². The van der Waals surface area contributed by atoms with Gasteiger partial charge < -0.3 is 4.90 Å². The van der Waals surface area contributed by atoms with Crippen molar-refractivity contribution in [2.24, 2.45) is 5.92 Å². The Balaban J connectivity index is 1.23. The summed E-state index contributed by atoms with van der Waals surface area (Å²) < 4.78 is 14.3. The molecule has 0 aliphatic carbocycles. The first-order chi connectivity index (χ1) is 15.1. The van der Waals surface area contributed by atoms with Gasteiger partial charge in [-0.05, 0) is 17.7 Å². The van der Waals surface area contributed by atoms with Gasteiger partial charge >= 0.3 is 0 Å². The topological polar surface area (TPSA) is 72.5 Å². The summed E-state index contributed by atoms with van der Waals surface area (Å²) in [6.45, 7) is 4.01. The van der Waals surface area contributed by atoms with Crippen LogP contribution in [-0.2, 0) is 16.1 Å². The number of hydrogen-bond acceptors (Lipinski definition) is 4. The minimum Gasteiger partial charge on any atom is -0.340 e. The highest BCUT2D eigenvalue weighted by atomic mass is 19.1. The van der Waals surface area contributed by atoms with Gasteiger partial charge in [0.25, 0.3) is 0 Å². The van der Waals surface area contributed by atoms with E-state index in [9.17, 15) is 14.0 Å². The Morgan fingerprint density at radius 2 is 1.84 bits per heavy atom. The SMILES string of the molecule is O=C([C@@H]1CC(=O)N(c2n[nH]c3cccc(F)c23)C1)N1CCN(Cc2ccccc2)CC1. The number of carbonyl (C=O) groups excluding carboxylic acids is 2. The number of piperazine rings is 1. The van der Waals surface area contributed by atoms with Crippen molar-refractivity contribution in [2.75, 3.05) is 37.6 Å². The quantitative estimate of drug-likeness (QED) is 0.702. The van der Waals surface area contributed by atoms with Gasteiger partial charge in [-0.15, -0.1) is 0 Å². The Labute approximate surface area is 179 Å². The molecule has 0 radical (unpaired) electrons. The first-order valence-corrected chi connectivity index (χ1v) is 10.6. The van der Waals surface area contributed by atoms with Gasteiger partial charge in [0.05, 0.1) is 16.8 Å². The molecule has 2 fully saturated rings. The Bertz CT molecular complexity index is 1110. The molecule has 7 nitrogen and oxygen atoms in total. The van der Waals surface area contributed by atoms with Crippen molar-refractivity contribution in [1.29, 1.82) is 0 Å². The number of amides is 2. The highest BCUT2D eigenvalue weighted by Gasteiger charge is 2.39. The second kappa shape index (κ2) is 8.11. The maximum Gasteiger partial charge on any atom is 0.229 e. The van der Waals surface area contributed by atoms with Gasteiger partial charge in [-0.25, -0.2) is 4.39 Å². The molecule has 2 aliphatic rings. The predicted molar refractivity (Wildman–Crippen MR) is 115 cm³/mol. The molecule has 2 aromatic carbocycles. The van der Waals surface area contributed by atoms with Crippen LogP contribution in [0, 0.1) is 11.7 Å². The van der Waals surface area contributed by atoms with Crippen LogP contribution in [0.25, 0.3) is 10.9 Å². The summed E-state index contributed by atoms with van der Waals surface area (Å²) in [5.74, 6) is -0.792. The van der Waals surface area contributed by atoms with E-state index in [1.54, 1.807) is 12.1 Å². The lowest BCUT2D eigenvalue weighted by Gasteiger charge is -2.35. The molecule has 1 N–H and O–H groups in total. The molecule has 31 heavy (non-hydrogen) atoms. The average molecular weight is 421 g/mol. The van der Waals surface area contributed by atoms with Crippen molar-refractivity contribution in [3.63, 3.8) is 0 Å². The highest BCUT2D eigenvalue weighted by Crippen LogP contribution is 2.32. The zero-order chi connectivity index (χ0) is 21.4. The van der Waals surface area contributed by atoms with Crippen LogP contribution in [0.15, 0.2) is 48.5 Å². The molecule has 0 unspecified atom stereocenters. The maximum absolute atomic E-state index is 14.3. The van der Waals surface area contributed by atoms with E-state index in [4.69, 9.17) is 0 Å². The zero-order valence-electron chi connectivity index (χ0n) is 17.1. The van der Waals surface area contributed by atoms with Crippen LogP contribution in [0.4, 0.5) is 10.2 Å². The molecular formula is C23H24FN5O2. The lowest BCUT2D eigenvalue weighted by atomic mass is 10.1. The van der Waals surface area contributed by atoms with Crippen LogP contribution in [0.3, 0.4) is 0 Å². The van der Waals surface area contributed by atoms with Gasteiger partial charge in [0.2, 0.25) is 11.8 Å². The number of fused-ring (bicyclic) bond motifs is 1. The van der Waals surface area contributed by atoms with E-state index in [-0.39, 0.29) is 30.6 Å². The third-order valence-electron chi connectivity index (χ3n) is 6.18. The minimum atomic E-state index is -0.432. The maximum atomic E-state index is 14.3. The largest absolute Gasteiger partial charge is 0.340 e. The molecule has 8 heteroatoms. The van der Waals surface area contributed by atoms with Gasteiger partial charge in [-0.3, -0.25) is 24.5 Å². The fraction of sp³-hybridized carbons (Fsp3) is 0.348. The molecular weight excluding hydrogens is 397 g/mol. The van der Waals surface area contributed by atoms with E-state index in [1.165, 1.54) is 16.5 Å². The van der Waals surface area contributed by atoms with Crippen LogP contribution < -0.4 is 4.90 Å². The first kappa shape index (κ1) is 19.7. The number of hydrogen-bond donors (Lipinski definition) is 1. The fourth-order valence-corrected chi connectivity index (χ4v) is 4.51. The Hall–Kier alpha value is -3.26. The third kappa shape index (κ3) is 3.79. The van der Waals surface area contributed by atoms with Crippen molar-refractivity contribution < 1.29 is 14.0 Å². The standard InChI is InChI=1S/C23H24FN5O2/c24-18-7-4-8-19-21(18)22(26-25-19)29-15-17(13-20(29)30)23(31)28-11-9-27(10-12-28)14-16-5-2-1-3-6-16/h1-8,17H,9-15H2,(H,25,26)/t17-/m1/s1. The van der Waals surface area contributed by atoms with Crippen LogP contribution in [-0.4, -0.2) is 64.5 Å². The number of nitrogens with one attached hydrogen (secondary N) is 1. The van der Waals surface area contributed by atoms with Crippen LogP contribution in [0.1, 0.15) is 12.0 Å². The van der Waals surface area contributed by atoms with E-state index in [1.807, 2.05) is 23.1 Å². The van der Waals surface area contributed by atoms with Crippen molar-refractivity contribution in [1.82, 2.24) is 20.0 Å². The van der Waals surface area contributed by atoms with E-state index in [2.05, 4.69) is 27.2 Å². The zero-order valence-corrected chi connectivity index (χ0v) is 17.1. The molecule has 2 aliphatic heterocycles. The van der Waals surface area contributed by atoms with Crippen LogP contribution >= 0.6 is 0 Å². The summed E-state index contributed by atoms with van der Waals surface area (Å²) >= 11 is 0. The number of H-pyrrole nitrogens is 1. The van der Waals surface area contributed by atoms with E-state index < -0.39 is 11.7 Å². The summed E-state index contributed by atoms with van der Waals surface area (Å²) in [5.41, 5.74) is 1.80. The van der Waals surface area contributed by atoms with Crippen molar-refractivity contribution in [3.8, 4) is 0 Å². The molecule has 2 saturated heterocycles. The summed E-state index contributed by atoms with van der Waals surface area (Å²) in [5, 5.41) is 7.22. The van der Waals surface area contributed by atoms with Crippen molar-refractivity contribution >= 4 is 28.5 Å². The number of benzene rings is 2. The van der Waals surface area contributed by atoms with Crippen LogP contribution in [0.2, 0.25) is 0 Å². The number of anilines is 1. The van der Waals surface area contributed by atoms with E-state index in [0.29, 0.717) is 24.0 Å². The summed E-state index contributed by atoms with van der Waals surface area (Å²) in [7, 11) is 0. The number of rotatable bonds is 4. The summed E-state index contributed by atoms with van der Waals surface area (Å²) in [6.07, 6.45) is 0.131. The van der Waals surface area contributed by atoms with Crippen molar-refractivity contribution in [3.05, 3.63) is 59.9 Å². The van der Waals surface area contributed by atoms with Gasteiger partial charge in [0, 0.05) is 45.7 Å². The fourth-order valence-electron chi connectivity index (χ4n) is 4.51. The number of aromatic amines is 1. The lowest BCUT2D eigenvalue weighted by Crippen LogP contribution is -2.50. The van der Waals surface area contributed by atoms with Gasteiger partial charge in [0.1, 0.15) is 5.82 Å². The van der Waals surface area contributed by atoms with E-state index in [0.717, 1.165) is 19.6 Å². The normalized spacial score (nSPS) is 20.0. The third-order valence-corrected chi connectivity index (χ3v) is 6.18. The number of halogens is 1. The minimum absolute atomic E-state index is 0.00414. The summed E-state index contributed by atoms with van der Waals surface area (Å²) in [6, 6.07) is 14.9. The Morgan fingerprint density at radius 3 is 2.61 bits per heavy atom. The molecule has 160 valence electrons. The molecule has 3 aromatic rings. The number of nitrogens with zero attached hydrogens (tertiary/aromatic N) is 4. The second-order valence-electron chi connectivity index (χ2n) is 8.20. The molecule has 3 heterocycles. The number of carbonyl (C=O) groups is 2. The lowest BCUT2D eigenvalue weighted by molar-refractivity contribution is -0.137. The molecule has 5 rings (SSSR count). The smallest absolute Gasteiger partial charge is 0.229 e.